The second-order valence-corrected chi connectivity index (χ2v) is 24.2. The first-order chi connectivity index (χ1) is 38.5. The average Bonchev–Trinajstić information content (AvgIpc) is 3.44. The van der Waals surface area contributed by atoms with E-state index < -0.39 is 12.1 Å². The summed E-state index contributed by atoms with van der Waals surface area (Å²) >= 11 is 0. The molecule has 0 bridgehead atoms. The first-order valence-electron chi connectivity index (χ1n) is 35.3. The largest absolute Gasteiger partial charge is 0.466 e. The molecule has 2 atom stereocenters. The Labute approximate surface area is 487 Å². The minimum Gasteiger partial charge on any atom is -0.466 e. The molecule has 6 heteroatoms. The number of nitrogens with one attached hydrogen (secondary N) is 1. The van der Waals surface area contributed by atoms with Crippen LogP contribution in [0.25, 0.3) is 0 Å². The van der Waals surface area contributed by atoms with Gasteiger partial charge in [0.25, 0.3) is 0 Å². The molecule has 0 heterocycles. The van der Waals surface area contributed by atoms with Gasteiger partial charge in [0, 0.05) is 12.8 Å². The topological polar surface area (TPSA) is 95.9 Å². The van der Waals surface area contributed by atoms with Crippen molar-refractivity contribution in [1.29, 1.82) is 0 Å². The Morgan fingerprint density at radius 2 is 0.667 bits per heavy atom. The fourth-order valence-electron chi connectivity index (χ4n) is 11.0. The Kier molecular flexibility index (Phi) is 65.9. The summed E-state index contributed by atoms with van der Waals surface area (Å²) in [4.78, 5) is 24.6. The molecule has 0 aliphatic heterocycles. The highest BCUT2D eigenvalue weighted by Gasteiger charge is 2.18. The van der Waals surface area contributed by atoms with Crippen LogP contribution < -0.4 is 5.32 Å². The lowest BCUT2D eigenvalue weighted by atomic mass is 10.0. The molecule has 0 aromatic heterocycles. The molecule has 0 fully saturated rings. The van der Waals surface area contributed by atoms with Crippen LogP contribution in [-0.2, 0) is 14.3 Å². The highest BCUT2D eigenvalue weighted by molar-refractivity contribution is 5.76. The van der Waals surface area contributed by atoms with E-state index in [-0.39, 0.29) is 18.5 Å². The normalized spacial score (nSPS) is 12.7. The van der Waals surface area contributed by atoms with Crippen LogP contribution in [0.3, 0.4) is 0 Å². The second-order valence-electron chi connectivity index (χ2n) is 24.2. The van der Waals surface area contributed by atoms with Gasteiger partial charge in [0.1, 0.15) is 0 Å². The average molecular weight is 1100 g/mol. The van der Waals surface area contributed by atoms with Crippen molar-refractivity contribution in [3.8, 4) is 0 Å². The maximum absolute atomic E-state index is 12.5. The van der Waals surface area contributed by atoms with Gasteiger partial charge in [0.2, 0.25) is 5.91 Å². The Hall–Kier alpha value is -1.92. The van der Waals surface area contributed by atoms with Crippen molar-refractivity contribution in [2.24, 2.45) is 0 Å². The third-order valence-corrected chi connectivity index (χ3v) is 16.4. The quantitative estimate of drug-likeness (QED) is 0.0320. The SMILES string of the molecule is CCC/C=C\C/C=C\CCCCCCCC(=O)OCCCCCCCCCCCCCCCCCCCCCCCCCCCCCCCC(=O)NC(CO)C(O)/C=C/CCCCCCCCCCCCCCCCCCC. The molecule has 3 N–H and O–H groups in total. The lowest BCUT2D eigenvalue weighted by Crippen LogP contribution is -2.45. The monoisotopic (exact) mass is 1100 g/mol. The maximum Gasteiger partial charge on any atom is 0.305 e. The molecule has 0 rings (SSSR count). The molecular weight excluding hydrogens is 959 g/mol. The third kappa shape index (κ3) is 63.3. The van der Waals surface area contributed by atoms with Crippen molar-refractivity contribution in [2.45, 2.75) is 398 Å². The number of amides is 1. The molecule has 0 saturated heterocycles. The van der Waals surface area contributed by atoms with Gasteiger partial charge in [0.15, 0.2) is 0 Å². The molecule has 0 aliphatic rings. The minimum atomic E-state index is -0.843. The zero-order chi connectivity index (χ0) is 56.4. The zero-order valence-electron chi connectivity index (χ0n) is 52.7. The summed E-state index contributed by atoms with van der Waals surface area (Å²) in [6, 6.07) is -0.626. The molecule has 0 aliphatic carbocycles. The number of esters is 1. The first-order valence-corrected chi connectivity index (χ1v) is 35.3. The lowest BCUT2D eigenvalue weighted by Gasteiger charge is -2.20. The van der Waals surface area contributed by atoms with Crippen LogP contribution in [0.5, 0.6) is 0 Å². The van der Waals surface area contributed by atoms with E-state index in [1.54, 1.807) is 6.08 Å². The van der Waals surface area contributed by atoms with Gasteiger partial charge in [-0.25, -0.2) is 0 Å². The maximum atomic E-state index is 12.5. The van der Waals surface area contributed by atoms with E-state index in [0.717, 1.165) is 51.4 Å². The summed E-state index contributed by atoms with van der Waals surface area (Å²) in [5.41, 5.74) is 0. The Balaban J connectivity index is 3.37. The van der Waals surface area contributed by atoms with Gasteiger partial charge < -0.3 is 20.3 Å². The minimum absolute atomic E-state index is 0.00404. The van der Waals surface area contributed by atoms with Crippen LogP contribution in [0, 0.1) is 0 Å². The number of carbonyl (C=O) groups is 2. The second kappa shape index (κ2) is 67.6. The van der Waals surface area contributed by atoms with Crippen molar-refractivity contribution in [2.75, 3.05) is 13.2 Å². The van der Waals surface area contributed by atoms with Crippen molar-refractivity contribution >= 4 is 11.9 Å². The molecule has 0 radical (unpaired) electrons. The van der Waals surface area contributed by atoms with Gasteiger partial charge in [-0.3, -0.25) is 9.59 Å². The van der Waals surface area contributed by atoms with Crippen LogP contribution in [-0.4, -0.2) is 47.4 Å². The van der Waals surface area contributed by atoms with Gasteiger partial charge in [-0.05, 0) is 57.8 Å². The van der Waals surface area contributed by atoms with Gasteiger partial charge in [-0.2, -0.15) is 0 Å². The van der Waals surface area contributed by atoms with E-state index in [0.29, 0.717) is 19.4 Å². The predicted octanol–water partition coefficient (Wildman–Crippen LogP) is 22.7. The summed E-state index contributed by atoms with van der Waals surface area (Å²) in [5, 5.41) is 23.2. The lowest BCUT2D eigenvalue weighted by molar-refractivity contribution is -0.143. The Morgan fingerprint density at radius 3 is 1.03 bits per heavy atom. The molecule has 0 aromatic carbocycles. The smallest absolute Gasteiger partial charge is 0.305 e. The number of aliphatic hydroxyl groups is 2. The number of allylic oxidation sites excluding steroid dienone is 5. The zero-order valence-corrected chi connectivity index (χ0v) is 52.7. The summed E-state index contributed by atoms with van der Waals surface area (Å²) in [6.45, 7) is 4.87. The van der Waals surface area contributed by atoms with E-state index in [2.05, 4.69) is 43.5 Å². The van der Waals surface area contributed by atoms with Crippen LogP contribution in [0.4, 0.5) is 0 Å². The molecule has 1 amide bonds. The molecular formula is C72H137NO5. The fourth-order valence-corrected chi connectivity index (χ4v) is 11.0. The molecule has 2 unspecified atom stereocenters. The van der Waals surface area contributed by atoms with Crippen LogP contribution in [0.15, 0.2) is 36.5 Å². The van der Waals surface area contributed by atoms with E-state index in [1.807, 2.05) is 6.08 Å². The van der Waals surface area contributed by atoms with Gasteiger partial charge in [-0.1, -0.05) is 352 Å². The molecule has 6 nitrogen and oxygen atoms in total. The van der Waals surface area contributed by atoms with E-state index in [9.17, 15) is 19.8 Å². The molecule has 0 aromatic rings. The Morgan fingerprint density at radius 1 is 0.359 bits per heavy atom. The number of carbonyl (C=O) groups excluding carboxylic acids is 2. The van der Waals surface area contributed by atoms with Crippen LogP contribution >= 0.6 is 0 Å². The fraction of sp³-hybridized carbons (Fsp3) is 0.889. The molecule has 0 spiro atoms. The van der Waals surface area contributed by atoms with Crippen LogP contribution in [0.1, 0.15) is 386 Å². The highest BCUT2D eigenvalue weighted by atomic mass is 16.5. The number of hydrogen-bond acceptors (Lipinski definition) is 5. The van der Waals surface area contributed by atoms with Gasteiger partial charge in [-0.15, -0.1) is 0 Å². The van der Waals surface area contributed by atoms with Crippen molar-refractivity contribution in [3.05, 3.63) is 36.5 Å². The summed E-state index contributed by atoms with van der Waals surface area (Å²) in [6.07, 6.45) is 86.6. The van der Waals surface area contributed by atoms with E-state index >= 15 is 0 Å². The predicted molar refractivity (Wildman–Crippen MR) is 343 cm³/mol. The number of aliphatic hydroxyl groups excluding tert-OH is 2. The standard InChI is InChI=1S/C72H137NO5/c1-3-5-7-9-11-13-15-17-18-19-31-34-37-41-44-48-52-56-60-64-70(75)69(68-74)73-71(76)65-61-57-53-49-45-42-38-35-32-29-27-25-23-21-20-22-24-26-28-30-33-36-39-43-47-51-55-59-63-67-78-72(77)66-62-58-54-50-46-40-16-14-12-10-8-6-4-2/h8,10,14,16,60,64,69-70,74-75H,3-7,9,11-13,15,17-59,61-63,65-68H2,1-2H3,(H,73,76)/b10-8-,16-14-,64-60+. The Bertz CT molecular complexity index is 1260. The third-order valence-electron chi connectivity index (χ3n) is 16.4. The first kappa shape index (κ1) is 76.1. The number of unbranched alkanes of at least 4 members (excludes halogenated alkanes) is 51. The number of hydrogen-bond donors (Lipinski definition) is 3. The van der Waals surface area contributed by atoms with Crippen molar-refractivity contribution in [3.63, 3.8) is 0 Å². The van der Waals surface area contributed by atoms with Crippen LogP contribution in [0.2, 0.25) is 0 Å². The van der Waals surface area contributed by atoms with E-state index in [1.165, 1.54) is 308 Å². The van der Waals surface area contributed by atoms with Gasteiger partial charge >= 0.3 is 5.97 Å². The van der Waals surface area contributed by atoms with E-state index in [4.69, 9.17) is 4.74 Å². The molecule has 78 heavy (non-hydrogen) atoms. The molecule has 460 valence electrons. The van der Waals surface area contributed by atoms with Crippen molar-refractivity contribution < 1.29 is 24.5 Å². The summed E-state index contributed by atoms with van der Waals surface area (Å²) in [5.74, 6) is -0.0571. The highest BCUT2D eigenvalue weighted by Crippen LogP contribution is 2.19. The number of rotatable bonds is 66. The van der Waals surface area contributed by atoms with Gasteiger partial charge in [0.05, 0.1) is 25.4 Å². The molecule has 0 saturated carbocycles. The summed E-state index contributed by atoms with van der Waals surface area (Å²) < 4.78 is 5.48. The number of ether oxygens (including phenoxy) is 1. The van der Waals surface area contributed by atoms with Crippen molar-refractivity contribution in [1.82, 2.24) is 5.32 Å². The summed E-state index contributed by atoms with van der Waals surface area (Å²) in [7, 11) is 0.